The highest BCUT2D eigenvalue weighted by atomic mass is 35.5. The first-order chi connectivity index (χ1) is 11.0. The van der Waals surface area contributed by atoms with E-state index in [-0.39, 0.29) is 5.91 Å². The molecule has 1 amide bonds. The van der Waals surface area contributed by atoms with Crippen LogP contribution < -0.4 is 14.8 Å². The molecule has 2 aromatic rings. The summed E-state index contributed by atoms with van der Waals surface area (Å²) in [6, 6.07) is 12.6. The monoisotopic (exact) mass is 333 g/mol. The highest BCUT2D eigenvalue weighted by Gasteiger charge is 2.19. The maximum atomic E-state index is 12.5. The maximum Gasteiger partial charge on any atom is 0.265 e. The summed E-state index contributed by atoms with van der Waals surface area (Å²) in [5, 5.41) is 3.49. The molecule has 0 bridgehead atoms. The van der Waals surface area contributed by atoms with Crippen molar-refractivity contribution in [3.05, 3.63) is 53.1 Å². The fraction of sp³-hybridized carbons (Fsp3) is 0.278. The molecule has 23 heavy (non-hydrogen) atoms. The lowest BCUT2D eigenvalue weighted by atomic mass is 10.2. The van der Waals surface area contributed by atoms with E-state index in [1.807, 2.05) is 32.0 Å². The molecule has 0 unspecified atom stereocenters. The van der Waals surface area contributed by atoms with Crippen LogP contribution in [0.4, 0.5) is 5.69 Å². The standard InChI is InChI=1S/C18H20ClNO3/c1-4-17(23-14-8-5-7-13(11-14)22-3)18(21)20-16-10-6-9-15(19)12(16)2/h5-11,17H,4H2,1-3H3,(H,20,21)/t17-/m0/s1. The Labute approximate surface area is 141 Å². The van der Waals surface area contributed by atoms with Crippen molar-refractivity contribution in [3.63, 3.8) is 0 Å². The minimum absolute atomic E-state index is 0.208. The number of carbonyl (C=O) groups excluding carboxylic acids is 1. The van der Waals surface area contributed by atoms with Gasteiger partial charge in [0.1, 0.15) is 11.5 Å². The smallest absolute Gasteiger partial charge is 0.265 e. The number of carbonyl (C=O) groups is 1. The molecule has 0 saturated carbocycles. The molecule has 0 spiro atoms. The van der Waals surface area contributed by atoms with Gasteiger partial charge in [-0.25, -0.2) is 0 Å². The van der Waals surface area contributed by atoms with E-state index in [4.69, 9.17) is 21.1 Å². The van der Waals surface area contributed by atoms with Crippen LogP contribution in [0, 0.1) is 6.92 Å². The molecule has 0 saturated heterocycles. The average Bonchev–Trinajstić information content (AvgIpc) is 2.57. The molecule has 5 heteroatoms. The topological polar surface area (TPSA) is 47.6 Å². The molecular formula is C18H20ClNO3. The van der Waals surface area contributed by atoms with Crippen LogP contribution in [0.15, 0.2) is 42.5 Å². The summed E-state index contributed by atoms with van der Waals surface area (Å²) in [6.45, 7) is 3.76. The molecule has 2 rings (SSSR count). The van der Waals surface area contributed by atoms with Gasteiger partial charge in [0.15, 0.2) is 6.10 Å². The van der Waals surface area contributed by atoms with Gasteiger partial charge in [-0.15, -0.1) is 0 Å². The predicted octanol–water partition coefficient (Wildman–Crippen LogP) is 4.45. The van der Waals surface area contributed by atoms with E-state index >= 15 is 0 Å². The zero-order valence-corrected chi connectivity index (χ0v) is 14.2. The number of methoxy groups -OCH3 is 1. The number of anilines is 1. The van der Waals surface area contributed by atoms with Gasteiger partial charge in [0.05, 0.1) is 7.11 Å². The van der Waals surface area contributed by atoms with E-state index in [2.05, 4.69) is 5.32 Å². The van der Waals surface area contributed by atoms with Crippen LogP contribution in [0.2, 0.25) is 5.02 Å². The Hall–Kier alpha value is -2.20. The van der Waals surface area contributed by atoms with Crippen LogP contribution in [0.25, 0.3) is 0 Å². The first kappa shape index (κ1) is 17.2. The molecular weight excluding hydrogens is 314 g/mol. The van der Waals surface area contributed by atoms with Gasteiger partial charge in [0.25, 0.3) is 5.91 Å². The van der Waals surface area contributed by atoms with Gasteiger partial charge in [-0.2, -0.15) is 0 Å². The van der Waals surface area contributed by atoms with Gasteiger partial charge in [0, 0.05) is 16.8 Å². The molecule has 0 heterocycles. The third-order valence-electron chi connectivity index (χ3n) is 3.51. The van der Waals surface area contributed by atoms with Crippen LogP contribution in [-0.4, -0.2) is 19.1 Å². The van der Waals surface area contributed by atoms with E-state index in [9.17, 15) is 4.79 Å². The molecule has 0 radical (unpaired) electrons. The van der Waals surface area contributed by atoms with Crippen LogP contribution >= 0.6 is 11.6 Å². The van der Waals surface area contributed by atoms with Gasteiger partial charge in [0.2, 0.25) is 0 Å². The maximum absolute atomic E-state index is 12.5. The Morgan fingerprint density at radius 3 is 2.61 bits per heavy atom. The average molecular weight is 334 g/mol. The summed E-state index contributed by atoms with van der Waals surface area (Å²) in [7, 11) is 1.59. The van der Waals surface area contributed by atoms with Crippen LogP contribution in [0.5, 0.6) is 11.5 Å². The second-order valence-corrected chi connectivity index (χ2v) is 5.50. The summed E-state index contributed by atoms with van der Waals surface area (Å²) >= 11 is 6.08. The number of benzene rings is 2. The molecule has 0 fully saturated rings. The van der Waals surface area contributed by atoms with Crippen molar-refractivity contribution in [2.75, 3.05) is 12.4 Å². The highest BCUT2D eigenvalue weighted by Crippen LogP contribution is 2.24. The molecule has 0 aliphatic carbocycles. The fourth-order valence-electron chi connectivity index (χ4n) is 2.12. The van der Waals surface area contributed by atoms with Crippen molar-refractivity contribution in [2.45, 2.75) is 26.4 Å². The minimum Gasteiger partial charge on any atom is -0.497 e. The van der Waals surface area contributed by atoms with E-state index in [0.717, 1.165) is 5.56 Å². The van der Waals surface area contributed by atoms with Gasteiger partial charge < -0.3 is 14.8 Å². The fourth-order valence-corrected chi connectivity index (χ4v) is 2.29. The van der Waals surface area contributed by atoms with Gasteiger partial charge in [-0.05, 0) is 43.2 Å². The summed E-state index contributed by atoms with van der Waals surface area (Å²) < 4.78 is 10.9. The predicted molar refractivity (Wildman–Crippen MR) is 92.5 cm³/mol. The van der Waals surface area contributed by atoms with Gasteiger partial charge in [-0.1, -0.05) is 30.7 Å². The lowest BCUT2D eigenvalue weighted by Crippen LogP contribution is -2.32. The largest absolute Gasteiger partial charge is 0.497 e. The first-order valence-electron chi connectivity index (χ1n) is 7.41. The molecule has 0 aromatic heterocycles. The Morgan fingerprint density at radius 2 is 1.91 bits per heavy atom. The molecule has 1 atom stereocenters. The van der Waals surface area contributed by atoms with E-state index < -0.39 is 6.10 Å². The molecule has 0 aliphatic heterocycles. The summed E-state index contributed by atoms with van der Waals surface area (Å²) in [5.41, 5.74) is 1.52. The summed E-state index contributed by atoms with van der Waals surface area (Å²) in [4.78, 5) is 12.5. The first-order valence-corrected chi connectivity index (χ1v) is 7.79. The molecule has 4 nitrogen and oxygen atoms in total. The SMILES string of the molecule is CC[C@H](Oc1cccc(OC)c1)C(=O)Nc1cccc(Cl)c1C. The second-order valence-electron chi connectivity index (χ2n) is 5.10. The Morgan fingerprint density at radius 1 is 1.22 bits per heavy atom. The highest BCUT2D eigenvalue weighted by molar-refractivity contribution is 6.31. The number of rotatable bonds is 6. The van der Waals surface area contributed by atoms with Crippen LogP contribution in [0.1, 0.15) is 18.9 Å². The zero-order valence-electron chi connectivity index (χ0n) is 13.4. The minimum atomic E-state index is -0.597. The third kappa shape index (κ3) is 4.39. The number of halogens is 1. The van der Waals surface area contributed by atoms with E-state index in [0.29, 0.717) is 28.6 Å². The van der Waals surface area contributed by atoms with Crippen LogP contribution in [0.3, 0.4) is 0 Å². The zero-order chi connectivity index (χ0) is 16.8. The van der Waals surface area contributed by atoms with Crippen molar-refractivity contribution >= 4 is 23.2 Å². The normalized spacial score (nSPS) is 11.7. The number of hydrogen-bond donors (Lipinski definition) is 1. The quantitative estimate of drug-likeness (QED) is 0.849. The lowest BCUT2D eigenvalue weighted by Gasteiger charge is -2.18. The molecule has 2 aromatic carbocycles. The third-order valence-corrected chi connectivity index (χ3v) is 3.92. The number of hydrogen-bond acceptors (Lipinski definition) is 3. The second kappa shape index (κ2) is 7.88. The van der Waals surface area contributed by atoms with Gasteiger partial charge >= 0.3 is 0 Å². The molecule has 122 valence electrons. The summed E-state index contributed by atoms with van der Waals surface area (Å²) in [6.07, 6.45) is -0.0525. The van der Waals surface area contributed by atoms with Crippen molar-refractivity contribution in [1.29, 1.82) is 0 Å². The van der Waals surface area contributed by atoms with E-state index in [1.54, 1.807) is 31.4 Å². The number of ether oxygens (including phenoxy) is 2. The van der Waals surface area contributed by atoms with Gasteiger partial charge in [-0.3, -0.25) is 4.79 Å². The van der Waals surface area contributed by atoms with Crippen molar-refractivity contribution in [2.24, 2.45) is 0 Å². The van der Waals surface area contributed by atoms with Crippen molar-refractivity contribution in [1.82, 2.24) is 0 Å². The molecule has 1 N–H and O–H groups in total. The van der Waals surface area contributed by atoms with Crippen molar-refractivity contribution < 1.29 is 14.3 Å². The van der Waals surface area contributed by atoms with Crippen molar-refractivity contribution in [3.8, 4) is 11.5 Å². The Balaban J connectivity index is 2.10. The Bertz CT molecular complexity index is 688. The summed E-state index contributed by atoms with van der Waals surface area (Å²) in [5.74, 6) is 1.07. The van der Waals surface area contributed by atoms with E-state index in [1.165, 1.54) is 0 Å². The number of amides is 1. The molecule has 0 aliphatic rings. The lowest BCUT2D eigenvalue weighted by molar-refractivity contribution is -0.122. The Kier molecular flexibility index (Phi) is 5.88. The number of nitrogens with one attached hydrogen (secondary N) is 1. The van der Waals surface area contributed by atoms with Crippen LogP contribution in [-0.2, 0) is 4.79 Å².